The number of carboxylic acid groups (broad SMARTS) is 1. The first kappa shape index (κ1) is 23.8. The molecule has 172 valence electrons. The van der Waals surface area contributed by atoms with Gasteiger partial charge in [0.25, 0.3) is 0 Å². The largest absolute Gasteiger partial charge is 0.479 e. The summed E-state index contributed by atoms with van der Waals surface area (Å²) in [5, 5.41) is 13.0. The van der Waals surface area contributed by atoms with Gasteiger partial charge in [0.2, 0.25) is 0 Å². The maximum absolute atomic E-state index is 13.2. The van der Waals surface area contributed by atoms with Crippen LogP contribution in [0.5, 0.6) is 0 Å². The molecule has 0 saturated carbocycles. The molecular formula is C24H21F3N2O4. The highest BCUT2D eigenvalue weighted by Gasteiger charge is 2.46. The van der Waals surface area contributed by atoms with Crippen molar-refractivity contribution in [1.29, 1.82) is 0 Å². The highest BCUT2D eigenvalue weighted by atomic mass is 19.4. The molecule has 3 rings (SSSR count). The van der Waals surface area contributed by atoms with E-state index in [9.17, 15) is 27.9 Å². The van der Waals surface area contributed by atoms with Crippen molar-refractivity contribution in [3.63, 3.8) is 0 Å². The molecule has 0 bridgehead atoms. The lowest BCUT2D eigenvalue weighted by Crippen LogP contribution is -2.54. The molecule has 3 aromatic carbocycles. The van der Waals surface area contributed by atoms with Crippen LogP contribution in [-0.4, -0.2) is 22.2 Å². The fraction of sp³-hybridized carbons (Fsp3) is 0.167. The Morgan fingerprint density at radius 3 is 2.06 bits per heavy atom. The smallest absolute Gasteiger partial charge is 0.416 e. The maximum atomic E-state index is 13.2. The number of nitrogens with one attached hydrogen (secondary N) is 1. The molecule has 2 N–H and O–H groups in total. The zero-order chi connectivity index (χ0) is 24.1. The molecule has 2 amide bonds. The second-order valence-corrected chi connectivity index (χ2v) is 7.31. The molecule has 0 heterocycles. The fourth-order valence-corrected chi connectivity index (χ4v) is 3.14. The van der Waals surface area contributed by atoms with Crippen molar-refractivity contribution in [3.8, 4) is 0 Å². The third-order valence-electron chi connectivity index (χ3n) is 4.99. The van der Waals surface area contributed by atoms with Crippen molar-refractivity contribution < 1.29 is 32.7 Å². The van der Waals surface area contributed by atoms with Crippen LogP contribution in [0.25, 0.3) is 0 Å². The topological polar surface area (TPSA) is 78.9 Å². The predicted octanol–water partition coefficient (Wildman–Crippen LogP) is 5.67. The van der Waals surface area contributed by atoms with Crippen molar-refractivity contribution in [3.05, 3.63) is 102 Å². The number of carbonyl (C=O) groups is 2. The lowest BCUT2D eigenvalue weighted by atomic mass is 9.92. The van der Waals surface area contributed by atoms with E-state index >= 15 is 0 Å². The van der Waals surface area contributed by atoms with Crippen LogP contribution >= 0.6 is 0 Å². The first-order valence-electron chi connectivity index (χ1n) is 9.86. The second kappa shape index (κ2) is 9.74. The highest BCUT2D eigenvalue weighted by molar-refractivity contribution is 5.93. The number of aliphatic carboxylic acids is 1. The van der Waals surface area contributed by atoms with Crippen LogP contribution in [0.4, 0.5) is 23.7 Å². The molecule has 9 heteroatoms. The van der Waals surface area contributed by atoms with E-state index in [1.165, 1.54) is 25.1 Å². The Morgan fingerprint density at radius 2 is 1.48 bits per heavy atom. The predicted molar refractivity (Wildman–Crippen MR) is 115 cm³/mol. The van der Waals surface area contributed by atoms with Crippen molar-refractivity contribution in [2.45, 2.75) is 25.2 Å². The Balaban J connectivity index is 1.97. The number of anilines is 1. The van der Waals surface area contributed by atoms with Crippen molar-refractivity contribution in [2.75, 3.05) is 5.32 Å². The van der Waals surface area contributed by atoms with Gasteiger partial charge >= 0.3 is 18.2 Å². The second-order valence-electron chi connectivity index (χ2n) is 7.31. The Hall–Kier alpha value is -3.85. The van der Waals surface area contributed by atoms with Gasteiger partial charge in [-0.25, -0.2) is 9.59 Å². The molecule has 0 aliphatic rings. The quantitative estimate of drug-likeness (QED) is 0.447. The number of rotatable bonds is 7. The Kier molecular flexibility index (Phi) is 7.03. The van der Waals surface area contributed by atoms with Crippen molar-refractivity contribution in [1.82, 2.24) is 5.06 Å². The Bertz CT molecular complexity index is 1110. The van der Waals surface area contributed by atoms with Gasteiger partial charge < -0.3 is 10.4 Å². The molecule has 0 aromatic heterocycles. The van der Waals surface area contributed by atoms with E-state index < -0.39 is 29.3 Å². The molecule has 0 fully saturated rings. The summed E-state index contributed by atoms with van der Waals surface area (Å²) in [7, 11) is 0. The summed E-state index contributed by atoms with van der Waals surface area (Å²) >= 11 is 0. The summed E-state index contributed by atoms with van der Waals surface area (Å²) in [6.45, 7) is 1.13. The third kappa shape index (κ3) is 5.50. The molecule has 0 saturated heterocycles. The molecule has 33 heavy (non-hydrogen) atoms. The average molecular weight is 458 g/mol. The number of carboxylic acids is 1. The highest BCUT2D eigenvalue weighted by Crippen LogP contribution is 2.33. The van der Waals surface area contributed by atoms with Gasteiger partial charge in [0.05, 0.1) is 5.56 Å². The van der Waals surface area contributed by atoms with Crippen LogP contribution in [0.3, 0.4) is 0 Å². The summed E-state index contributed by atoms with van der Waals surface area (Å²) in [5.74, 6) is -1.39. The number of nitrogens with zero attached hydrogens (tertiary/aromatic N) is 1. The van der Waals surface area contributed by atoms with Crippen molar-refractivity contribution >= 4 is 17.7 Å². The minimum absolute atomic E-state index is 0.146. The summed E-state index contributed by atoms with van der Waals surface area (Å²) in [6, 6.07) is 19.7. The molecule has 0 aliphatic heterocycles. The van der Waals surface area contributed by atoms with Gasteiger partial charge in [0.15, 0.2) is 5.54 Å². The number of hydrogen-bond acceptors (Lipinski definition) is 3. The third-order valence-corrected chi connectivity index (χ3v) is 4.99. The Morgan fingerprint density at radius 1 is 0.909 bits per heavy atom. The van der Waals surface area contributed by atoms with Gasteiger partial charge in [-0.3, -0.25) is 4.84 Å². The molecular weight excluding hydrogens is 437 g/mol. The number of halogens is 3. The minimum Gasteiger partial charge on any atom is -0.479 e. The van der Waals surface area contributed by atoms with Crippen LogP contribution in [-0.2, 0) is 28.0 Å². The first-order chi connectivity index (χ1) is 15.6. The normalized spacial score (nSPS) is 13.1. The van der Waals surface area contributed by atoms with Gasteiger partial charge in [-0.1, -0.05) is 66.7 Å². The first-order valence-corrected chi connectivity index (χ1v) is 9.86. The number of benzene rings is 3. The zero-order valence-corrected chi connectivity index (χ0v) is 17.5. The molecule has 0 aliphatic carbocycles. The van der Waals surface area contributed by atoms with Crippen LogP contribution in [0.1, 0.15) is 23.6 Å². The Labute approximate surface area is 188 Å². The van der Waals surface area contributed by atoms with Crippen LogP contribution in [0.2, 0.25) is 0 Å². The fourth-order valence-electron chi connectivity index (χ4n) is 3.14. The number of carbonyl (C=O) groups excluding carboxylic acids is 1. The summed E-state index contributed by atoms with van der Waals surface area (Å²) in [5.41, 5.74) is -2.20. The number of urea groups is 1. The van der Waals surface area contributed by atoms with E-state index in [2.05, 4.69) is 5.32 Å². The molecule has 1 atom stereocenters. The van der Waals surface area contributed by atoms with Crippen LogP contribution in [0.15, 0.2) is 84.9 Å². The van der Waals surface area contributed by atoms with Crippen LogP contribution in [0, 0.1) is 0 Å². The van der Waals surface area contributed by atoms with E-state index in [0.717, 1.165) is 18.2 Å². The standard InChI is InChI=1S/C24H21F3N2O4/c1-23(21(30)31,18-11-6-3-7-12-18)29(33-16-17-9-4-2-5-10-17)22(32)28-20-14-8-13-19(15-20)24(25,26)27/h2-15H,16H2,1H3,(H,28,32)(H,30,31). The summed E-state index contributed by atoms with van der Waals surface area (Å²) in [4.78, 5) is 31.2. The lowest BCUT2D eigenvalue weighted by Gasteiger charge is -2.36. The SMILES string of the molecule is CC(C(=O)O)(c1ccccc1)N(OCc1ccccc1)C(=O)Nc1cccc(C(F)(F)F)c1. The molecule has 3 aromatic rings. The van der Waals surface area contributed by atoms with Gasteiger partial charge in [-0.2, -0.15) is 18.2 Å². The van der Waals surface area contributed by atoms with Crippen LogP contribution < -0.4 is 5.32 Å². The van der Waals surface area contributed by atoms with E-state index in [0.29, 0.717) is 10.6 Å². The number of alkyl halides is 3. The van der Waals surface area contributed by atoms with Gasteiger partial charge in [-0.05, 0) is 36.2 Å². The van der Waals surface area contributed by atoms with E-state index in [4.69, 9.17) is 4.84 Å². The minimum atomic E-state index is -4.61. The molecule has 1 unspecified atom stereocenters. The van der Waals surface area contributed by atoms with E-state index in [1.807, 2.05) is 0 Å². The lowest BCUT2D eigenvalue weighted by molar-refractivity contribution is -0.203. The van der Waals surface area contributed by atoms with Gasteiger partial charge in [0, 0.05) is 5.69 Å². The van der Waals surface area contributed by atoms with E-state index in [-0.39, 0.29) is 17.9 Å². The monoisotopic (exact) mass is 458 g/mol. The molecule has 6 nitrogen and oxygen atoms in total. The average Bonchev–Trinajstić information content (AvgIpc) is 2.79. The van der Waals surface area contributed by atoms with Gasteiger partial charge in [0.1, 0.15) is 6.61 Å². The van der Waals surface area contributed by atoms with Gasteiger partial charge in [-0.15, -0.1) is 0 Å². The number of hydrogen-bond donors (Lipinski definition) is 2. The van der Waals surface area contributed by atoms with E-state index in [1.54, 1.807) is 48.5 Å². The number of amides is 2. The maximum Gasteiger partial charge on any atom is 0.416 e. The number of hydroxylamine groups is 2. The zero-order valence-electron chi connectivity index (χ0n) is 17.5. The summed E-state index contributed by atoms with van der Waals surface area (Å²) in [6.07, 6.45) is -4.61. The molecule has 0 spiro atoms. The molecule has 0 radical (unpaired) electrons. The van der Waals surface area contributed by atoms with Crippen molar-refractivity contribution in [2.24, 2.45) is 0 Å². The summed E-state index contributed by atoms with van der Waals surface area (Å²) < 4.78 is 39.2.